The van der Waals surface area contributed by atoms with Crippen LogP contribution in [0.25, 0.3) is 5.53 Å². The molecule has 0 aliphatic rings. The smallest absolute Gasteiger partial charge is 0.374 e. The van der Waals surface area contributed by atoms with Gasteiger partial charge in [-0.3, -0.25) is 0 Å². The van der Waals surface area contributed by atoms with Gasteiger partial charge in [0.05, 0.1) is 12.0 Å². The van der Waals surface area contributed by atoms with Crippen molar-refractivity contribution in [1.82, 2.24) is 0 Å². The van der Waals surface area contributed by atoms with E-state index in [1.807, 2.05) is 0 Å². The molecular formula is C8H8N2O3S. The van der Waals surface area contributed by atoms with E-state index < -0.39 is 9.84 Å². The molecule has 14 heavy (non-hydrogen) atoms. The third kappa shape index (κ3) is 2.18. The SMILES string of the molecule is COc1ccc(S(=O)(=O)C=[N+]=[N-])cc1. The van der Waals surface area contributed by atoms with Crippen molar-refractivity contribution in [3.63, 3.8) is 0 Å². The lowest BCUT2D eigenvalue weighted by Crippen LogP contribution is -2.02. The van der Waals surface area contributed by atoms with Crippen molar-refractivity contribution < 1.29 is 17.9 Å². The van der Waals surface area contributed by atoms with Crippen LogP contribution >= 0.6 is 0 Å². The first-order chi connectivity index (χ1) is 6.60. The van der Waals surface area contributed by atoms with Crippen molar-refractivity contribution in [2.45, 2.75) is 4.90 Å². The highest BCUT2D eigenvalue weighted by molar-refractivity contribution is 8.04. The van der Waals surface area contributed by atoms with Gasteiger partial charge in [-0.15, -0.1) is 0 Å². The zero-order chi connectivity index (χ0) is 10.6. The maximum atomic E-state index is 11.3. The van der Waals surface area contributed by atoms with Gasteiger partial charge in [-0.05, 0) is 24.3 Å². The average molecular weight is 212 g/mol. The molecule has 0 aliphatic heterocycles. The van der Waals surface area contributed by atoms with Crippen LogP contribution in [0.3, 0.4) is 0 Å². The minimum Gasteiger partial charge on any atom is -0.497 e. The number of ether oxygens (including phenoxy) is 1. The fraction of sp³-hybridized carbons (Fsp3) is 0.125. The molecule has 5 nitrogen and oxygen atoms in total. The van der Waals surface area contributed by atoms with Crippen LogP contribution in [0.15, 0.2) is 29.2 Å². The molecule has 0 aliphatic carbocycles. The van der Waals surface area contributed by atoms with Gasteiger partial charge in [-0.1, -0.05) is 0 Å². The molecule has 0 unspecified atom stereocenters. The van der Waals surface area contributed by atoms with Crippen LogP contribution in [0.4, 0.5) is 0 Å². The quantitative estimate of drug-likeness (QED) is 0.320. The molecule has 0 radical (unpaired) electrons. The van der Waals surface area contributed by atoms with E-state index in [4.69, 9.17) is 10.3 Å². The Bertz CT molecular complexity index is 458. The van der Waals surface area contributed by atoms with Crippen LogP contribution in [-0.4, -0.2) is 25.9 Å². The molecule has 0 fully saturated rings. The van der Waals surface area contributed by atoms with Crippen molar-refractivity contribution in [2.24, 2.45) is 0 Å². The van der Waals surface area contributed by atoms with E-state index >= 15 is 0 Å². The number of hydrogen-bond acceptors (Lipinski definition) is 3. The molecule has 6 heteroatoms. The summed E-state index contributed by atoms with van der Waals surface area (Å²) in [6.07, 6.45) is 0. The largest absolute Gasteiger partial charge is 0.497 e. The average Bonchev–Trinajstić information content (AvgIpc) is 2.18. The van der Waals surface area contributed by atoms with Gasteiger partial charge in [0.25, 0.3) is 9.84 Å². The van der Waals surface area contributed by atoms with Crippen LogP contribution in [0.1, 0.15) is 0 Å². The lowest BCUT2D eigenvalue weighted by molar-refractivity contribution is 0.00754. The Kier molecular flexibility index (Phi) is 3.01. The van der Waals surface area contributed by atoms with Crippen molar-refractivity contribution in [3.8, 4) is 5.75 Å². The number of nitrogens with zero attached hydrogens (tertiary/aromatic N) is 2. The fourth-order valence-corrected chi connectivity index (χ4v) is 1.65. The van der Waals surface area contributed by atoms with E-state index in [2.05, 4.69) is 4.79 Å². The minimum atomic E-state index is -3.63. The first kappa shape index (κ1) is 10.4. The van der Waals surface area contributed by atoms with Crippen LogP contribution < -0.4 is 4.74 Å². The molecule has 0 spiro atoms. The van der Waals surface area contributed by atoms with Crippen molar-refractivity contribution >= 4 is 15.4 Å². The number of methoxy groups -OCH3 is 1. The molecule has 74 valence electrons. The zero-order valence-electron chi connectivity index (χ0n) is 7.41. The second-order valence-corrected chi connectivity index (χ2v) is 4.21. The summed E-state index contributed by atoms with van der Waals surface area (Å²) in [6, 6.07) is 5.77. The molecule has 0 N–H and O–H groups in total. The van der Waals surface area contributed by atoms with E-state index in [1.165, 1.54) is 31.4 Å². The lowest BCUT2D eigenvalue weighted by atomic mass is 10.3. The van der Waals surface area contributed by atoms with E-state index in [-0.39, 0.29) is 4.90 Å². The fourth-order valence-electron chi connectivity index (χ4n) is 0.888. The summed E-state index contributed by atoms with van der Waals surface area (Å²) in [5, 5.41) is 0. The van der Waals surface area contributed by atoms with E-state index in [9.17, 15) is 8.42 Å². The Balaban J connectivity index is 3.16. The lowest BCUT2D eigenvalue weighted by Gasteiger charge is -1.99. The van der Waals surface area contributed by atoms with Gasteiger partial charge >= 0.3 is 5.55 Å². The summed E-state index contributed by atoms with van der Waals surface area (Å²) >= 11 is 0. The molecule has 0 heterocycles. The Labute approximate surface area is 81.5 Å². The van der Waals surface area contributed by atoms with Gasteiger partial charge in [0.1, 0.15) is 5.75 Å². The molecule has 0 bridgehead atoms. The number of sulfone groups is 1. The topological polar surface area (TPSA) is 79.8 Å². The molecule has 0 aromatic heterocycles. The van der Waals surface area contributed by atoms with E-state index in [1.54, 1.807) is 0 Å². The normalized spacial score (nSPS) is 10.4. The van der Waals surface area contributed by atoms with Gasteiger partial charge in [-0.25, -0.2) is 8.42 Å². The van der Waals surface area contributed by atoms with E-state index in [0.717, 1.165) is 0 Å². The van der Waals surface area contributed by atoms with E-state index in [0.29, 0.717) is 11.3 Å². The van der Waals surface area contributed by atoms with Crippen molar-refractivity contribution in [3.05, 3.63) is 29.8 Å². The van der Waals surface area contributed by atoms with Crippen molar-refractivity contribution in [1.29, 1.82) is 0 Å². The Morgan fingerprint density at radius 1 is 1.36 bits per heavy atom. The Morgan fingerprint density at radius 2 is 1.93 bits per heavy atom. The van der Waals surface area contributed by atoms with Crippen LogP contribution in [0.5, 0.6) is 5.75 Å². The standard InChI is InChI=1S/C8H8N2O3S/c1-13-7-2-4-8(5-3-7)14(11,12)6-10-9/h2-6H,1H3. The van der Waals surface area contributed by atoms with Gasteiger partial charge in [0.15, 0.2) is 0 Å². The second-order valence-electron chi connectivity index (χ2n) is 2.44. The number of hydrogen-bond donors (Lipinski definition) is 0. The van der Waals surface area contributed by atoms with Crippen LogP contribution in [0.2, 0.25) is 0 Å². The first-order valence-corrected chi connectivity index (χ1v) is 5.21. The molecular weight excluding hydrogens is 204 g/mol. The highest BCUT2D eigenvalue weighted by Crippen LogP contribution is 2.15. The maximum absolute atomic E-state index is 11.3. The first-order valence-electron chi connectivity index (χ1n) is 3.67. The minimum absolute atomic E-state index is 0.0519. The highest BCUT2D eigenvalue weighted by atomic mass is 32.2. The molecule has 0 amide bonds. The molecule has 0 atom stereocenters. The number of rotatable bonds is 3. The summed E-state index contributed by atoms with van der Waals surface area (Å²) in [6.45, 7) is 0. The predicted molar refractivity (Wildman–Crippen MR) is 49.9 cm³/mol. The molecule has 1 rings (SSSR count). The maximum Gasteiger partial charge on any atom is 0.374 e. The van der Waals surface area contributed by atoms with Crippen LogP contribution in [-0.2, 0) is 9.84 Å². The van der Waals surface area contributed by atoms with Gasteiger partial charge in [0, 0.05) is 0 Å². The predicted octanol–water partition coefficient (Wildman–Crippen LogP) is 0.727. The summed E-state index contributed by atoms with van der Waals surface area (Å²) < 4.78 is 27.4. The monoisotopic (exact) mass is 212 g/mol. The Hall–Kier alpha value is -1.65. The van der Waals surface area contributed by atoms with Gasteiger partial charge in [0.2, 0.25) is 0 Å². The summed E-state index contributed by atoms with van der Waals surface area (Å²) in [7, 11) is -2.15. The molecule has 1 aromatic carbocycles. The van der Waals surface area contributed by atoms with Gasteiger partial charge < -0.3 is 10.3 Å². The van der Waals surface area contributed by atoms with Crippen molar-refractivity contribution in [2.75, 3.05) is 7.11 Å². The summed E-state index contributed by atoms with van der Waals surface area (Å²) in [4.78, 5) is 2.53. The Morgan fingerprint density at radius 3 is 2.36 bits per heavy atom. The summed E-state index contributed by atoms with van der Waals surface area (Å²) in [5.74, 6) is 0.560. The second kappa shape index (κ2) is 4.04. The third-order valence-electron chi connectivity index (χ3n) is 1.57. The number of benzene rings is 1. The third-order valence-corrected chi connectivity index (χ3v) is 2.87. The molecule has 0 saturated heterocycles. The van der Waals surface area contributed by atoms with Gasteiger partial charge in [-0.2, -0.15) is 4.79 Å². The van der Waals surface area contributed by atoms with Crippen LogP contribution in [0, 0.1) is 0 Å². The molecule has 0 saturated carbocycles. The molecule has 1 aromatic rings. The zero-order valence-corrected chi connectivity index (χ0v) is 8.23. The highest BCUT2D eigenvalue weighted by Gasteiger charge is 2.15. The summed E-state index contributed by atoms with van der Waals surface area (Å²) in [5.41, 5.74) is 8.61.